The number of nitrogens with one attached hydrogen (secondary N) is 1. The van der Waals surface area contributed by atoms with Crippen LogP contribution in [0.1, 0.15) is 37.8 Å². The first-order valence-corrected chi connectivity index (χ1v) is 6.47. The van der Waals surface area contributed by atoms with Gasteiger partial charge in [0.25, 0.3) is 0 Å². The van der Waals surface area contributed by atoms with Crippen LogP contribution in [0.15, 0.2) is 18.2 Å². The molecule has 1 rings (SSSR count). The van der Waals surface area contributed by atoms with Crippen molar-refractivity contribution < 1.29 is 5.11 Å². The van der Waals surface area contributed by atoms with Gasteiger partial charge in [-0.1, -0.05) is 26.0 Å². The van der Waals surface area contributed by atoms with E-state index in [1.54, 1.807) is 0 Å². The first-order valence-electron chi connectivity index (χ1n) is 6.47. The summed E-state index contributed by atoms with van der Waals surface area (Å²) in [5.74, 6) is 0. The molecule has 0 aliphatic heterocycles. The predicted octanol–water partition coefficient (Wildman–Crippen LogP) is 3.08. The molecule has 3 nitrogen and oxygen atoms in total. The number of aryl methyl sites for hydroxylation is 1. The maximum atomic E-state index is 9.53. The Hall–Kier alpha value is -1.53. The van der Waals surface area contributed by atoms with E-state index >= 15 is 0 Å². The summed E-state index contributed by atoms with van der Waals surface area (Å²) < 4.78 is 0. The van der Waals surface area contributed by atoms with Gasteiger partial charge in [-0.15, -0.1) is 0 Å². The Morgan fingerprint density at radius 3 is 2.50 bits per heavy atom. The quantitative estimate of drug-likeness (QED) is 0.811. The summed E-state index contributed by atoms with van der Waals surface area (Å²) in [6.45, 7) is 6.96. The van der Waals surface area contributed by atoms with Crippen LogP contribution in [0.2, 0.25) is 0 Å². The normalized spacial score (nSPS) is 11.1. The van der Waals surface area contributed by atoms with Gasteiger partial charge in [0, 0.05) is 12.0 Å². The summed E-state index contributed by atoms with van der Waals surface area (Å²) in [5, 5.41) is 22.0. The van der Waals surface area contributed by atoms with Crippen molar-refractivity contribution in [3.05, 3.63) is 29.3 Å². The van der Waals surface area contributed by atoms with E-state index in [-0.39, 0.29) is 12.0 Å². The molecule has 2 N–H and O–H groups in total. The molecule has 0 saturated heterocycles. The molecule has 0 aromatic heterocycles. The van der Waals surface area contributed by atoms with E-state index in [1.807, 2.05) is 25.1 Å². The van der Waals surface area contributed by atoms with E-state index < -0.39 is 0 Å². The van der Waals surface area contributed by atoms with Crippen molar-refractivity contribution in [3.8, 4) is 6.07 Å². The van der Waals surface area contributed by atoms with E-state index in [4.69, 9.17) is 5.26 Å². The van der Waals surface area contributed by atoms with Gasteiger partial charge in [-0.25, -0.2) is 0 Å². The average Bonchev–Trinajstić information content (AvgIpc) is 2.41. The molecule has 0 aliphatic carbocycles. The van der Waals surface area contributed by atoms with Gasteiger partial charge >= 0.3 is 0 Å². The zero-order valence-corrected chi connectivity index (χ0v) is 11.5. The Balaban J connectivity index is 2.87. The lowest BCUT2D eigenvalue weighted by molar-refractivity contribution is 0.127. The van der Waals surface area contributed by atoms with Crippen molar-refractivity contribution in [2.75, 3.05) is 18.5 Å². The fourth-order valence-corrected chi connectivity index (χ4v) is 2.03. The first kappa shape index (κ1) is 14.5. The minimum absolute atomic E-state index is 0.101. The number of hydrogen-bond donors (Lipinski definition) is 2. The van der Waals surface area contributed by atoms with Gasteiger partial charge in [-0.3, -0.25) is 0 Å². The highest BCUT2D eigenvalue weighted by molar-refractivity contribution is 5.60. The average molecular weight is 246 g/mol. The fourth-order valence-electron chi connectivity index (χ4n) is 2.03. The SMILES string of the molecule is CCC(CC)(CO)CNc1cccc(C)c1C#N. The van der Waals surface area contributed by atoms with Gasteiger partial charge in [0.05, 0.1) is 17.9 Å². The van der Waals surface area contributed by atoms with Crippen molar-refractivity contribution in [2.45, 2.75) is 33.6 Å². The Labute approximate surface area is 109 Å². The number of rotatable bonds is 6. The van der Waals surface area contributed by atoms with Crippen molar-refractivity contribution in [1.82, 2.24) is 0 Å². The number of anilines is 1. The van der Waals surface area contributed by atoms with E-state index in [9.17, 15) is 5.11 Å². The van der Waals surface area contributed by atoms with Crippen LogP contribution in [0.4, 0.5) is 5.69 Å². The van der Waals surface area contributed by atoms with Gasteiger partial charge < -0.3 is 10.4 Å². The van der Waals surface area contributed by atoms with Gasteiger partial charge in [-0.2, -0.15) is 5.26 Å². The fraction of sp³-hybridized carbons (Fsp3) is 0.533. The molecule has 0 saturated carbocycles. The summed E-state index contributed by atoms with van der Waals surface area (Å²) >= 11 is 0. The molecule has 0 aliphatic rings. The lowest BCUT2D eigenvalue weighted by atomic mass is 9.83. The maximum Gasteiger partial charge on any atom is 0.102 e. The number of aliphatic hydroxyl groups excluding tert-OH is 1. The van der Waals surface area contributed by atoms with E-state index in [0.29, 0.717) is 12.1 Å². The first-order chi connectivity index (χ1) is 8.62. The zero-order valence-electron chi connectivity index (χ0n) is 11.5. The van der Waals surface area contributed by atoms with Crippen LogP contribution in [0.3, 0.4) is 0 Å². The number of hydrogen-bond acceptors (Lipinski definition) is 3. The second-order valence-corrected chi connectivity index (χ2v) is 4.83. The molecule has 0 radical (unpaired) electrons. The van der Waals surface area contributed by atoms with Crippen LogP contribution >= 0.6 is 0 Å². The Morgan fingerprint density at radius 1 is 1.33 bits per heavy atom. The zero-order chi connectivity index (χ0) is 13.6. The second kappa shape index (κ2) is 6.42. The molecule has 3 heteroatoms. The summed E-state index contributed by atoms with van der Waals surface area (Å²) in [7, 11) is 0. The van der Waals surface area contributed by atoms with E-state index in [1.165, 1.54) is 0 Å². The molecule has 1 aromatic rings. The van der Waals surface area contributed by atoms with Crippen LogP contribution in [-0.2, 0) is 0 Å². The van der Waals surface area contributed by atoms with Crippen molar-refractivity contribution >= 4 is 5.69 Å². The van der Waals surface area contributed by atoms with Crippen LogP contribution in [0.5, 0.6) is 0 Å². The van der Waals surface area contributed by atoms with E-state index in [0.717, 1.165) is 24.1 Å². The lowest BCUT2D eigenvalue weighted by Crippen LogP contribution is -2.32. The highest BCUT2D eigenvalue weighted by atomic mass is 16.3. The summed E-state index contributed by atoms with van der Waals surface area (Å²) in [4.78, 5) is 0. The van der Waals surface area contributed by atoms with Gasteiger partial charge in [0.1, 0.15) is 6.07 Å². The third-order valence-electron chi connectivity index (χ3n) is 3.87. The highest BCUT2D eigenvalue weighted by Gasteiger charge is 2.25. The summed E-state index contributed by atoms with van der Waals surface area (Å²) in [5.41, 5.74) is 2.43. The third kappa shape index (κ3) is 3.02. The molecule has 0 fully saturated rings. The van der Waals surface area contributed by atoms with Crippen molar-refractivity contribution in [2.24, 2.45) is 5.41 Å². The standard InChI is InChI=1S/C15H22N2O/c1-4-15(5-2,11-18)10-17-14-8-6-7-12(3)13(14)9-16/h6-8,17-18H,4-5,10-11H2,1-3H3. The van der Waals surface area contributed by atoms with Gasteiger partial charge in [-0.05, 0) is 31.4 Å². The van der Waals surface area contributed by atoms with Gasteiger partial charge in [0.15, 0.2) is 0 Å². The highest BCUT2D eigenvalue weighted by Crippen LogP contribution is 2.27. The molecule has 0 unspecified atom stereocenters. The third-order valence-corrected chi connectivity index (χ3v) is 3.87. The molecule has 18 heavy (non-hydrogen) atoms. The number of nitrogens with zero attached hydrogens (tertiary/aromatic N) is 1. The van der Waals surface area contributed by atoms with Crippen LogP contribution < -0.4 is 5.32 Å². The Morgan fingerprint density at radius 2 is 2.00 bits per heavy atom. The molecular weight excluding hydrogens is 224 g/mol. The van der Waals surface area contributed by atoms with E-state index in [2.05, 4.69) is 25.2 Å². The molecular formula is C15H22N2O. The Kier molecular flexibility index (Phi) is 5.18. The molecule has 0 bridgehead atoms. The molecule has 0 heterocycles. The molecule has 0 amide bonds. The van der Waals surface area contributed by atoms with Crippen LogP contribution in [-0.4, -0.2) is 18.3 Å². The monoisotopic (exact) mass is 246 g/mol. The number of aliphatic hydroxyl groups is 1. The maximum absolute atomic E-state index is 9.53. The lowest BCUT2D eigenvalue weighted by Gasteiger charge is -2.30. The van der Waals surface area contributed by atoms with Crippen LogP contribution in [0.25, 0.3) is 0 Å². The molecule has 98 valence electrons. The number of nitriles is 1. The molecule has 0 atom stereocenters. The molecule has 0 spiro atoms. The van der Waals surface area contributed by atoms with Crippen molar-refractivity contribution in [1.29, 1.82) is 5.26 Å². The summed E-state index contributed by atoms with van der Waals surface area (Å²) in [6, 6.07) is 8.02. The van der Waals surface area contributed by atoms with Gasteiger partial charge in [0.2, 0.25) is 0 Å². The minimum Gasteiger partial charge on any atom is -0.396 e. The van der Waals surface area contributed by atoms with Crippen LogP contribution in [0, 0.1) is 23.7 Å². The number of benzene rings is 1. The Bertz CT molecular complexity index is 422. The topological polar surface area (TPSA) is 56.0 Å². The molecule has 1 aromatic carbocycles. The summed E-state index contributed by atoms with van der Waals surface area (Å²) in [6.07, 6.45) is 1.83. The van der Waals surface area contributed by atoms with Crippen molar-refractivity contribution in [3.63, 3.8) is 0 Å². The predicted molar refractivity (Wildman–Crippen MR) is 74.5 cm³/mol. The largest absolute Gasteiger partial charge is 0.396 e. The smallest absolute Gasteiger partial charge is 0.102 e. The minimum atomic E-state index is -0.101. The second-order valence-electron chi connectivity index (χ2n) is 4.83.